The maximum atomic E-state index is 12.7. The molecule has 0 aliphatic rings. The van der Waals surface area contributed by atoms with Crippen LogP contribution < -0.4 is 5.73 Å². The van der Waals surface area contributed by atoms with E-state index in [4.69, 9.17) is 29.4 Å². The summed E-state index contributed by atoms with van der Waals surface area (Å²) in [5, 5.41) is 8.94. The second kappa shape index (κ2) is 50.5. The van der Waals surface area contributed by atoms with Gasteiger partial charge in [0.25, 0.3) is 0 Å². The van der Waals surface area contributed by atoms with E-state index in [0.29, 0.717) is 13.0 Å². The van der Waals surface area contributed by atoms with Crippen molar-refractivity contribution < 1.29 is 42.7 Å². The predicted octanol–water partition coefficient (Wildman–Crippen LogP) is 15.4. The van der Waals surface area contributed by atoms with Gasteiger partial charge in [-0.05, 0) is 96.3 Å². The zero-order valence-electron chi connectivity index (χ0n) is 42.0. The first kappa shape index (κ1) is 63.6. The molecule has 0 aliphatic heterocycles. The second-order valence-electron chi connectivity index (χ2n) is 16.9. The third-order valence-electron chi connectivity index (χ3n) is 10.5. The fourth-order valence-electron chi connectivity index (χ4n) is 6.62. The molecule has 0 amide bonds. The summed E-state index contributed by atoms with van der Waals surface area (Å²) in [6, 6.07) is -1.48. The number of phosphoric ester groups is 1. The number of nitrogens with two attached hydrogens (primary N) is 1. The van der Waals surface area contributed by atoms with E-state index in [9.17, 15) is 19.0 Å². The predicted molar refractivity (Wildman–Crippen MR) is 281 cm³/mol. The Morgan fingerprint density at radius 2 is 0.821 bits per heavy atom. The Balaban J connectivity index is 4.20. The molecule has 0 bridgehead atoms. The van der Waals surface area contributed by atoms with Crippen LogP contribution in [0.15, 0.2) is 109 Å². The van der Waals surface area contributed by atoms with Crippen molar-refractivity contribution in [3.05, 3.63) is 109 Å². The van der Waals surface area contributed by atoms with Crippen LogP contribution in [-0.2, 0) is 32.7 Å². The third kappa shape index (κ3) is 50.3. The van der Waals surface area contributed by atoms with E-state index in [2.05, 4.69) is 123 Å². The van der Waals surface area contributed by atoms with Crippen molar-refractivity contribution in [2.45, 2.75) is 206 Å². The van der Waals surface area contributed by atoms with Gasteiger partial charge in [0.05, 0.1) is 19.8 Å². The average Bonchev–Trinajstić information content (AvgIpc) is 3.31. The molecule has 0 aromatic carbocycles. The molecule has 3 atom stereocenters. The molecule has 0 aromatic rings. The van der Waals surface area contributed by atoms with Crippen molar-refractivity contribution in [2.75, 3.05) is 26.4 Å². The summed E-state index contributed by atoms with van der Waals surface area (Å²) >= 11 is 0. The first-order valence-electron chi connectivity index (χ1n) is 25.9. The molecule has 10 nitrogen and oxygen atoms in total. The van der Waals surface area contributed by atoms with Crippen molar-refractivity contribution in [3.63, 3.8) is 0 Å². The van der Waals surface area contributed by atoms with E-state index in [1.165, 1.54) is 57.8 Å². The standard InChI is InChI=1S/C56H94NO9P/c1-3-5-7-9-11-13-15-17-19-21-23-25-26-27-29-31-33-35-37-39-41-43-45-47-49-63-50-53(51-64-67(61,62)65-52-54(57)56(59)60)66-55(58)48-46-44-42-40-38-36-34-32-30-28-24-22-20-18-16-14-12-10-8-6-4-2/h5-8,11-14,17-20,23-25,27-29,53-54H,3-4,9-10,15-16,21-22,26,30-52,57H2,1-2H3,(H,59,60)(H,61,62)/b7-5-,8-6-,13-11-,14-12-,19-17-,20-18-,25-23-,28-24-,29-27-. The molecule has 4 N–H and O–H groups in total. The smallest absolute Gasteiger partial charge is 0.472 e. The lowest BCUT2D eigenvalue weighted by Crippen LogP contribution is -2.34. The van der Waals surface area contributed by atoms with Gasteiger partial charge in [0, 0.05) is 13.0 Å². The van der Waals surface area contributed by atoms with E-state index in [-0.39, 0.29) is 13.0 Å². The number of hydrogen-bond acceptors (Lipinski definition) is 8. The van der Waals surface area contributed by atoms with E-state index >= 15 is 0 Å². The number of aliphatic carboxylic acids is 1. The molecule has 0 fully saturated rings. The summed E-state index contributed by atoms with van der Waals surface area (Å²) < 4.78 is 33.5. The van der Waals surface area contributed by atoms with Crippen LogP contribution in [0.1, 0.15) is 194 Å². The number of carboxylic acid groups (broad SMARTS) is 1. The summed E-state index contributed by atoms with van der Waals surface area (Å²) in [6.45, 7) is 3.62. The van der Waals surface area contributed by atoms with Crippen molar-refractivity contribution in [2.24, 2.45) is 5.73 Å². The number of carboxylic acids is 1. The summed E-state index contributed by atoms with van der Waals surface area (Å²) in [5.41, 5.74) is 5.38. The third-order valence-corrected chi connectivity index (χ3v) is 11.5. The van der Waals surface area contributed by atoms with Crippen LogP contribution in [0.4, 0.5) is 0 Å². The van der Waals surface area contributed by atoms with E-state index in [1.807, 2.05) is 0 Å². The lowest BCUT2D eigenvalue weighted by molar-refractivity contribution is -0.154. The van der Waals surface area contributed by atoms with Gasteiger partial charge in [-0.3, -0.25) is 18.6 Å². The first-order chi connectivity index (χ1) is 32.7. The number of esters is 1. The molecule has 0 saturated carbocycles. The van der Waals surface area contributed by atoms with Gasteiger partial charge in [-0.2, -0.15) is 0 Å². The van der Waals surface area contributed by atoms with Crippen LogP contribution in [0.2, 0.25) is 0 Å². The Hall–Kier alpha value is -3.37. The molecule has 0 aliphatic carbocycles. The van der Waals surface area contributed by atoms with Gasteiger partial charge >= 0.3 is 19.8 Å². The highest BCUT2D eigenvalue weighted by Gasteiger charge is 2.27. The minimum atomic E-state index is -4.64. The molecule has 67 heavy (non-hydrogen) atoms. The molecule has 3 unspecified atom stereocenters. The van der Waals surface area contributed by atoms with Gasteiger partial charge in [-0.25, -0.2) is 4.57 Å². The topological polar surface area (TPSA) is 155 Å². The van der Waals surface area contributed by atoms with Gasteiger partial charge in [0.15, 0.2) is 0 Å². The molecule has 0 aromatic heterocycles. The number of phosphoric acid groups is 1. The quantitative estimate of drug-likeness (QED) is 0.0232. The zero-order valence-corrected chi connectivity index (χ0v) is 42.8. The Morgan fingerprint density at radius 3 is 1.22 bits per heavy atom. The fourth-order valence-corrected chi connectivity index (χ4v) is 7.40. The van der Waals surface area contributed by atoms with Gasteiger partial charge < -0.3 is 25.2 Å². The molecule has 0 spiro atoms. The molecule has 0 radical (unpaired) electrons. The number of rotatable bonds is 48. The highest BCUT2D eigenvalue weighted by atomic mass is 31.2. The van der Waals surface area contributed by atoms with Gasteiger partial charge in [0.1, 0.15) is 12.1 Å². The number of carbonyl (C=O) groups excluding carboxylic acids is 1. The fraction of sp³-hybridized carbons (Fsp3) is 0.643. The van der Waals surface area contributed by atoms with E-state index in [1.54, 1.807) is 0 Å². The molecule has 0 saturated heterocycles. The summed E-state index contributed by atoms with van der Waals surface area (Å²) in [5.74, 6) is -1.80. The maximum Gasteiger partial charge on any atom is 0.472 e. The van der Waals surface area contributed by atoms with Crippen molar-refractivity contribution in [1.82, 2.24) is 0 Å². The Morgan fingerprint density at radius 1 is 0.478 bits per heavy atom. The van der Waals surface area contributed by atoms with Crippen molar-refractivity contribution >= 4 is 19.8 Å². The molecular weight excluding hydrogens is 862 g/mol. The van der Waals surface area contributed by atoms with Crippen molar-refractivity contribution in [1.29, 1.82) is 0 Å². The Bertz CT molecular complexity index is 1480. The number of hydrogen-bond donors (Lipinski definition) is 3. The Kier molecular flexibility index (Phi) is 48.0. The largest absolute Gasteiger partial charge is 0.480 e. The molecular formula is C56H94NO9P. The molecule has 0 heterocycles. The highest BCUT2D eigenvalue weighted by molar-refractivity contribution is 7.47. The average molecular weight is 956 g/mol. The minimum Gasteiger partial charge on any atom is -0.480 e. The number of allylic oxidation sites excluding steroid dienone is 18. The number of ether oxygens (including phenoxy) is 2. The summed E-state index contributed by atoms with van der Waals surface area (Å²) in [7, 11) is -4.64. The molecule has 382 valence electrons. The summed E-state index contributed by atoms with van der Waals surface area (Å²) in [4.78, 5) is 33.7. The van der Waals surface area contributed by atoms with Crippen LogP contribution >= 0.6 is 7.82 Å². The normalized spacial score (nSPS) is 14.6. The van der Waals surface area contributed by atoms with Gasteiger partial charge in [-0.1, -0.05) is 200 Å². The number of unbranched alkanes of at least 4 members (excludes halogenated alkanes) is 16. The minimum absolute atomic E-state index is 0.000547. The van der Waals surface area contributed by atoms with E-state index in [0.717, 1.165) is 109 Å². The monoisotopic (exact) mass is 956 g/mol. The van der Waals surface area contributed by atoms with Crippen LogP contribution in [0.5, 0.6) is 0 Å². The lowest BCUT2D eigenvalue weighted by Gasteiger charge is -2.20. The highest BCUT2D eigenvalue weighted by Crippen LogP contribution is 2.43. The maximum absolute atomic E-state index is 12.7. The Labute approximate surface area is 408 Å². The van der Waals surface area contributed by atoms with Gasteiger partial charge in [0.2, 0.25) is 0 Å². The second-order valence-corrected chi connectivity index (χ2v) is 18.3. The molecule has 11 heteroatoms. The van der Waals surface area contributed by atoms with Crippen LogP contribution in [0.25, 0.3) is 0 Å². The zero-order chi connectivity index (χ0) is 49.0. The number of carbonyl (C=O) groups is 2. The van der Waals surface area contributed by atoms with Gasteiger partial charge in [-0.15, -0.1) is 0 Å². The lowest BCUT2D eigenvalue weighted by atomic mass is 10.1. The van der Waals surface area contributed by atoms with Crippen LogP contribution in [0.3, 0.4) is 0 Å². The van der Waals surface area contributed by atoms with Crippen LogP contribution in [-0.4, -0.2) is 60.5 Å². The van der Waals surface area contributed by atoms with E-state index < -0.39 is 45.1 Å². The van der Waals surface area contributed by atoms with Crippen molar-refractivity contribution in [3.8, 4) is 0 Å². The molecule has 0 rings (SSSR count). The first-order valence-corrected chi connectivity index (χ1v) is 27.4. The van der Waals surface area contributed by atoms with Crippen LogP contribution in [0, 0.1) is 0 Å². The summed E-state index contributed by atoms with van der Waals surface area (Å²) in [6.07, 6.45) is 68.5. The SMILES string of the molecule is CC/C=C\C/C=C\C/C=C\C/C=C\C/C=C\CCCCCCCCCCOCC(COP(=O)(O)OCC(N)C(=O)O)OC(=O)CCCCCCCCCC/C=C\C/C=C\C/C=C\C/C=C\CC.